The molecule has 100 valence electrons. The van der Waals surface area contributed by atoms with Gasteiger partial charge in [0, 0.05) is 23.4 Å². The monoisotopic (exact) mass is 251 g/mol. The van der Waals surface area contributed by atoms with E-state index in [0.29, 0.717) is 29.8 Å². The van der Waals surface area contributed by atoms with Gasteiger partial charge in [-0.25, -0.2) is 4.79 Å². The van der Waals surface area contributed by atoms with Gasteiger partial charge in [0.1, 0.15) is 0 Å². The minimum absolute atomic E-state index is 0.363. The lowest BCUT2D eigenvalue weighted by Gasteiger charge is -1.97. The first-order valence-electron chi connectivity index (χ1n) is 6.06. The molecule has 0 aromatic heterocycles. The van der Waals surface area contributed by atoms with Crippen LogP contribution < -0.4 is 17.2 Å². The molecule has 18 heavy (non-hydrogen) atoms. The van der Waals surface area contributed by atoms with Crippen LogP contribution in [0, 0.1) is 0 Å². The van der Waals surface area contributed by atoms with Crippen LogP contribution in [0.2, 0.25) is 0 Å². The van der Waals surface area contributed by atoms with Gasteiger partial charge in [-0.05, 0) is 31.8 Å². The van der Waals surface area contributed by atoms with Crippen LogP contribution in [0.4, 0.5) is 0 Å². The fourth-order valence-electron chi connectivity index (χ4n) is 1.85. The predicted octanol–water partition coefficient (Wildman–Crippen LogP) is 0.625. The highest BCUT2D eigenvalue weighted by Gasteiger charge is 2.16. The summed E-state index contributed by atoms with van der Waals surface area (Å²) in [5, 5.41) is 8.58. The Morgan fingerprint density at radius 2 is 1.89 bits per heavy atom. The number of rotatable bonds is 1. The Labute approximate surface area is 107 Å². The zero-order valence-corrected chi connectivity index (χ0v) is 10.4. The van der Waals surface area contributed by atoms with Crippen LogP contribution in [-0.4, -0.2) is 23.2 Å². The third-order valence-corrected chi connectivity index (χ3v) is 2.93. The molecule has 7 N–H and O–H groups in total. The average molecular weight is 251 g/mol. The summed E-state index contributed by atoms with van der Waals surface area (Å²) in [4.78, 5) is 10.4. The SMILES string of the molecule is NC1=CCC(C(=O)O)=CC=C1.N[C@@H]1CC[C@H](N)C1. The van der Waals surface area contributed by atoms with Gasteiger partial charge in [0.25, 0.3) is 0 Å². The number of nitrogens with two attached hydrogens (primary N) is 3. The van der Waals surface area contributed by atoms with E-state index in [0.717, 1.165) is 19.3 Å². The van der Waals surface area contributed by atoms with Crippen LogP contribution in [0.15, 0.2) is 35.6 Å². The molecule has 0 aliphatic heterocycles. The third-order valence-electron chi connectivity index (χ3n) is 2.93. The van der Waals surface area contributed by atoms with Crippen LogP contribution >= 0.6 is 0 Å². The van der Waals surface area contributed by atoms with Crippen molar-refractivity contribution in [2.45, 2.75) is 37.8 Å². The Balaban J connectivity index is 0.000000199. The molecule has 2 aliphatic carbocycles. The molecule has 1 fully saturated rings. The topological polar surface area (TPSA) is 115 Å². The van der Waals surface area contributed by atoms with Crippen molar-refractivity contribution < 1.29 is 9.90 Å². The number of hydrogen-bond donors (Lipinski definition) is 4. The second-order valence-corrected chi connectivity index (χ2v) is 4.60. The summed E-state index contributed by atoms with van der Waals surface area (Å²) in [7, 11) is 0. The largest absolute Gasteiger partial charge is 0.478 e. The minimum Gasteiger partial charge on any atom is -0.478 e. The molecule has 0 heterocycles. The van der Waals surface area contributed by atoms with E-state index < -0.39 is 5.97 Å². The molecular formula is C13H21N3O2. The van der Waals surface area contributed by atoms with E-state index in [1.54, 1.807) is 24.3 Å². The molecule has 5 heteroatoms. The molecule has 0 aromatic rings. The standard InChI is InChI=1S/C8H9NO2.C5H12N2/c9-7-3-1-2-6(4-5-7)8(10)11;6-4-1-2-5(7)3-4/h1-3,5H,4,9H2,(H,10,11);4-5H,1-3,6-7H2/t;4-,5+. The second kappa shape index (κ2) is 6.98. The minimum atomic E-state index is -0.888. The first kappa shape index (κ1) is 14.5. The molecular weight excluding hydrogens is 230 g/mol. The summed E-state index contributed by atoms with van der Waals surface area (Å²) in [6.07, 6.45) is 10.2. The van der Waals surface area contributed by atoms with E-state index in [1.807, 2.05) is 0 Å². The molecule has 0 unspecified atom stereocenters. The Kier molecular flexibility index (Phi) is 5.61. The molecule has 0 radical (unpaired) electrons. The van der Waals surface area contributed by atoms with Gasteiger partial charge < -0.3 is 22.3 Å². The molecule has 2 atom stereocenters. The van der Waals surface area contributed by atoms with Crippen molar-refractivity contribution in [1.29, 1.82) is 0 Å². The van der Waals surface area contributed by atoms with Crippen LogP contribution in [0.25, 0.3) is 0 Å². The maximum atomic E-state index is 10.4. The fourth-order valence-corrected chi connectivity index (χ4v) is 1.85. The lowest BCUT2D eigenvalue weighted by atomic mass is 10.2. The highest BCUT2D eigenvalue weighted by molar-refractivity contribution is 5.87. The number of carboxylic acid groups (broad SMARTS) is 1. The van der Waals surface area contributed by atoms with Gasteiger partial charge in [0.2, 0.25) is 0 Å². The van der Waals surface area contributed by atoms with Crippen molar-refractivity contribution in [1.82, 2.24) is 0 Å². The van der Waals surface area contributed by atoms with Crippen molar-refractivity contribution in [2.75, 3.05) is 0 Å². The quantitative estimate of drug-likeness (QED) is 0.545. The molecule has 2 aliphatic rings. The highest BCUT2D eigenvalue weighted by atomic mass is 16.4. The van der Waals surface area contributed by atoms with Gasteiger partial charge in [-0.15, -0.1) is 0 Å². The third kappa shape index (κ3) is 5.16. The van der Waals surface area contributed by atoms with E-state index in [-0.39, 0.29) is 0 Å². The number of hydrogen-bond acceptors (Lipinski definition) is 4. The van der Waals surface area contributed by atoms with Crippen molar-refractivity contribution in [3.63, 3.8) is 0 Å². The fraction of sp³-hybridized carbons (Fsp3) is 0.462. The molecule has 0 saturated heterocycles. The van der Waals surface area contributed by atoms with Crippen LogP contribution in [0.1, 0.15) is 25.7 Å². The van der Waals surface area contributed by atoms with Crippen molar-refractivity contribution in [3.8, 4) is 0 Å². The number of aliphatic carboxylic acids is 1. The predicted molar refractivity (Wildman–Crippen MR) is 71.5 cm³/mol. The summed E-state index contributed by atoms with van der Waals surface area (Å²) in [5.74, 6) is -0.888. The summed E-state index contributed by atoms with van der Waals surface area (Å²) in [6.45, 7) is 0. The van der Waals surface area contributed by atoms with Crippen molar-refractivity contribution in [3.05, 3.63) is 35.6 Å². The summed E-state index contributed by atoms with van der Waals surface area (Å²) >= 11 is 0. The molecule has 0 bridgehead atoms. The normalized spacial score (nSPS) is 26.6. The Bertz CT molecular complexity index is 375. The lowest BCUT2D eigenvalue weighted by molar-refractivity contribution is -0.132. The molecule has 2 rings (SSSR count). The van der Waals surface area contributed by atoms with E-state index in [9.17, 15) is 4.79 Å². The second-order valence-electron chi connectivity index (χ2n) is 4.60. The van der Waals surface area contributed by atoms with Gasteiger partial charge in [0.05, 0.1) is 0 Å². The van der Waals surface area contributed by atoms with Crippen LogP contribution in [0.5, 0.6) is 0 Å². The zero-order valence-electron chi connectivity index (χ0n) is 10.4. The molecule has 5 nitrogen and oxygen atoms in total. The Hall–Kier alpha value is -1.59. The van der Waals surface area contributed by atoms with E-state index in [2.05, 4.69) is 0 Å². The number of carboxylic acids is 1. The van der Waals surface area contributed by atoms with E-state index in [1.165, 1.54) is 0 Å². The maximum Gasteiger partial charge on any atom is 0.331 e. The summed E-state index contributed by atoms with van der Waals surface area (Å²) in [5.41, 5.74) is 17.5. The smallest absolute Gasteiger partial charge is 0.331 e. The van der Waals surface area contributed by atoms with Crippen molar-refractivity contribution >= 4 is 5.97 Å². The van der Waals surface area contributed by atoms with Gasteiger partial charge >= 0.3 is 5.97 Å². The molecule has 0 aromatic carbocycles. The summed E-state index contributed by atoms with van der Waals surface area (Å²) < 4.78 is 0. The van der Waals surface area contributed by atoms with E-state index >= 15 is 0 Å². The molecule has 1 saturated carbocycles. The van der Waals surface area contributed by atoms with Gasteiger partial charge in [0.15, 0.2) is 0 Å². The highest BCUT2D eigenvalue weighted by Crippen LogP contribution is 2.14. The van der Waals surface area contributed by atoms with Crippen molar-refractivity contribution in [2.24, 2.45) is 17.2 Å². The zero-order chi connectivity index (χ0) is 13.5. The maximum absolute atomic E-state index is 10.4. The first-order chi connectivity index (χ1) is 8.49. The van der Waals surface area contributed by atoms with Crippen LogP contribution in [0.3, 0.4) is 0 Å². The number of carbonyl (C=O) groups is 1. The first-order valence-corrected chi connectivity index (χ1v) is 6.06. The van der Waals surface area contributed by atoms with Crippen LogP contribution in [-0.2, 0) is 4.79 Å². The van der Waals surface area contributed by atoms with Gasteiger partial charge in [-0.2, -0.15) is 0 Å². The summed E-state index contributed by atoms with van der Waals surface area (Å²) in [6, 6.07) is 0.796. The van der Waals surface area contributed by atoms with E-state index in [4.69, 9.17) is 22.3 Å². The lowest BCUT2D eigenvalue weighted by Crippen LogP contribution is -2.20. The average Bonchev–Trinajstić information content (AvgIpc) is 2.55. The Morgan fingerprint density at radius 3 is 2.33 bits per heavy atom. The van der Waals surface area contributed by atoms with Gasteiger partial charge in [-0.1, -0.05) is 18.2 Å². The molecule has 0 amide bonds. The molecule has 0 spiro atoms. The number of allylic oxidation sites excluding steroid dienone is 4. The Morgan fingerprint density at radius 1 is 1.28 bits per heavy atom. The van der Waals surface area contributed by atoms with Gasteiger partial charge in [-0.3, -0.25) is 0 Å².